The Hall–Kier alpha value is -4.06. The Labute approximate surface area is 227 Å². The Morgan fingerprint density at radius 1 is 1.21 bits per heavy atom. The molecule has 3 N–H and O–H groups in total. The van der Waals surface area contributed by atoms with E-state index in [1.165, 1.54) is 16.2 Å². The number of halogens is 4. The van der Waals surface area contributed by atoms with Gasteiger partial charge in [0.25, 0.3) is 5.91 Å². The fraction of sp³-hybridized carbons (Fsp3) is 0.308. The van der Waals surface area contributed by atoms with Crippen LogP contribution in [0.4, 0.5) is 24.5 Å². The second-order valence-corrected chi connectivity index (χ2v) is 9.66. The number of amides is 2. The summed E-state index contributed by atoms with van der Waals surface area (Å²) in [6.45, 7) is 4.19. The maximum absolute atomic E-state index is 12.9. The van der Waals surface area contributed by atoms with Gasteiger partial charge in [-0.2, -0.15) is 23.4 Å². The molecule has 1 aliphatic heterocycles. The molecule has 2 aromatic heterocycles. The zero-order chi connectivity index (χ0) is 28.5. The summed E-state index contributed by atoms with van der Waals surface area (Å²) in [5, 5.41) is 17.3. The largest absolute Gasteiger partial charge is 0.405 e. The second-order valence-electron chi connectivity index (χ2n) is 9.26. The fourth-order valence-corrected chi connectivity index (χ4v) is 4.52. The summed E-state index contributed by atoms with van der Waals surface area (Å²) in [5.74, 6) is -1.32. The zero-order valence-electron chi connectivity index (χ0n) is 21.7. The van der Waals surface area contributed by atoms with Crippen LogP contribution in [-0.4, -0.2) is 56.0 Å². The molecular formula is C26H27ClF3N7O2. The number of benzene rings is 2. The van der Waals surface area contributed by atoms with Crippen LogP contribution in [0.15, 0.2) is 36.5 Å². The molecule has 206 valence electrons. The highest BCUT2D eigenvalue weighted by Crippen LogP contribution is 2.34. The van der Waals surface area contributed by atoms with Crippen molar-refractivity contribution in [3.63, 3.8) is 0 Å². The summed E-state index contributed by atoms with van der Waals surface area (Å²) < 4.78 is 38.7. The van der Waals surface area contributed by atoms with Crippen LogP contribution in [-0.2, 0) is 18.4 Å². The van der Waals surface area contributed by atoms with Crippen molar-refractivity contribution in [2.24, 2.45) is 7.05 Å². The van der Waals surface area contributed by atoms with E-state index < -0.39 is 31.1 Å². The predicted molar refractivity (Wildman–Crippen MR) is 142 cm³/mol. The highest BCUT2D eigenvalue weighted by Gasteiger charge is 2.33. The summed E-state index contributed by atoms with van der Waals surface area (Å²) in [5.41, 5.74) is 6.14. The number of aromatic amines is 1. The van der Waals surface area contributed by atoms with Gasteiger partial charge in [-0.25, -0.2) is 0 Å². The molecule has 0 bridgehead atoms. The minimum atomic E-state index is -4.51. The molecule has 0 fully saturated rings. The van der Waals surface area contributed by atoms with E-state index in [1.54, 1.807) is 35.6 Å². The van der Waals surface area contributed by atoms with Crippen molar-refractivity contribution in [1.29, 1.82) is 0 Å². The summed E-state index contributed by atoms with van der Waals surface area (Å²) in [7, 11) is 1.95. The number of hydrogen-bond acceptors (Lipinski definition) is 5. The Bertz CT molecular complexity index is 1530. The Morgan fingerprint density at radius 2 is 1.95 bits per heavy atom. The van der Waals surface area contributed by atoms with Gasteiger partial charge in [-0.15, -0.1) is 0 Å². The number of rotatable bonds is 5. The number of hydrogen-bond donors (Lipinski definition) is 3. The molecule has 0 aliphatic carbocycles. The average Bonchev–Trinajstić information content (AvgIpc) is 3.49. The Morgan fingerprint density at radius 3 is 2.56 bits per heavy atom. The van der Waals surface area contributed by atoms with Gasteiger partial charge in [0.15, 0.2) is 0 Å². The number of alkyl halides is 3. The molecule has 39 heavy (non-hydrogen) atoms. The van der Waals surface area contributed by atoms with E-state index in [1.807, 2.05) is 24.9 Å². The van der Waals surface area contributed by atoms with Crippen molar-refractivity contribution in [1.82, 2.24) is 30.2 Å². The van der Waals surface area contributed by atoms with Crippen LogP contribution < -0.4 is 10.6 Å². The van der Waals surface area contributed by atoms with Crippen LogP contribution in [0, 0.1) is 20.8 Å². The Balaban J connectivity index is 0.000000379. The van der Waals surface area contributed by atoms with Gasteiger partial charge >= 0.3 is 6.18 Å². The predicted octanol–water partition coefficient (Wildman–Crippen LogP) is 4.94. The molecule has 0 atom stereocenters. The van der Waals surface area contributed by atoms with Crippen LogP contribution in [0.1, 0.15) is 32.9 Å². The highest BCUT2D eigenvalue weighted by molar-refractivity contribution is 6.36. The van der Waals surface area contributed by atoms with Gasteiger partial charge in [-0.1, -0.05) is 23.7 Å². The number of carbonyl (C=O) groups excluding carboxylic acids is 2. The van der Waals surface area contributed by atoms with Gasteiger partial charge in [-0.05, 0) is 50.1 Å². The van der Waals surface area contributed by atoms with E-state index in [-0.39, 0.29) is 6.54 Å². The van der Waals surface area contributed by atoms with Gasteiger partial charge < -0.3 is 15.5 Å². The lowest BCUT2D eigenvalue weighted by atomic mass is 10.1. The smallest absolute Gasteiger partial charge is 0.355 e. The first-order valence-corrected chi connectivity index (χ1v) is 12.3. The van der Waals surface area contributed by atoms with Crippen molar-refractivity contribution in [2.75, 3.05) is 18.4 Å². The Kier molecular flexibility index (Phi) is 7.86. The van der Waals surface area contributed by atoms with Crippen molar-refractivity contribution < 1.29 is 22.8 Å². The van der Waals surface area contributed by atoms with Gasteiger partial charge in [-0.3, -0.25) is 19.4 Å². The van der Waals surface area contributed by atoms with Crippen LogP contribution in [0.25, 0.3) is 10.9 Å². The van der Waals surface area contributed by atoms with Crippen molar-refractivity contribution >= 4 is 45.7 Å². The molecule has 3 heterocycles. The second kappa shape index (κ2) is 11.0. The van der Waals surface area contributed by atoms with E-state index in [4.69, 9.17) is 11.6 Å². The van der Waals surface area contributed by atoms with Gasteiger partial charge in [0, 0.05) is 36.1 Å². The third kappa shape index (κ3) is 6.33. The number of aryl methyl sites for hydroxylation is 3. The molecule has 9 nitrogen and oxygen atoms in total. The van der Waals surface area contributed by atoms with Crippen molar-refractivity contribution in [2.45, 2.75) is 33.5 Å². The lowest BCUT2D eigenvalue weighted by molar-refractivity contribution is -0.138. The summed E-state index contributed by atoms with van der Waals surface area (Å²) >= 11 is 6.36. The number of nitrogens with one attached hydrogen (secondary N) is 3. The topological polar surface area (TPSA) is 108 Å². The summed E-state index contributed by atoms with van der Waals surface area (Å²) in [4.78, 5) is 25.9. The molecule has 0 unspecified atom stereocenters. The van der Waals surface area contributed by atoms with E-state index in [9.17, 15) is 22.8 Å². The van der Waals surface area contributed by atoms with Gasteiger partial charge in [0.05, 0.1) is 28.0 Å². The van der Waals surface area contributed by atoms with E-state index >= 15 is 0 Å². The SMILES string of the molecule is Cc1[nH]nc2cc(Nc3cccc4c3C(=O)N(CC(=O)NCC(F)(F)F)C4)cc(Cl)c12.Cc1cnn(C)c1C. The number of fused-ring (bicyclic) bond motifs is 2. The first-order chi connectivity index (χ1) is 18.3. The van der Waals surface area contributed by atoms with Crippen LogP contribution in [0.2, 0.25) is 5.02 Å². The monoisotopic (exact) mass is 561 g/mol. The number of anilines is 2. The summed E-state index contributed by atoms with van der Waals surface area (Å²) in [6.07, 6.45) is -2.64. The standard InChI is InChI=1S/C20H17ClF3N5O2.C6H10N2/c1-10-17-13(21)5-12(6-15(17)28-27-10)26-14-4-2-3-11-7-29(19(31)18(11)14)8-16(30)25-9-20(22,23)24;1-5-4-7-8(3)6(5)2/h2-6,26H,7-9H2,1H3,(H,25,30)(H,27,28);4H,1-3H3. The maximum atomic E-state index is 12.9. The maximum Gasteiger partial charge on any atom is 0.405 e. The number of nitrogens with zero attached hydrogens (tertiary/aromatic N) is 4. The minimum absolute atomic E-state index is 0.126. The number of carbonyl (C=O) groups is 2. The van der Waals surface area contributed by atoms with E-state index in [2.05, 4.69) is 34.5 Å². The molecule has 4 aromatic rings. The minimum Gasteiger partial charge on any atom is -0.355 e. The number of aromatic nitrogens is 4. The molecule has 0 saturated carbocycles. The molecule has 1 aliphatic rings. The molecule has 13 heteroatoms. The lowest BCUT2D eigenvalue weighted by Crippen LogP contribution is -2.41. The molecule has 2 aromatic carbocycles. The highest BCUT2D eigenvalue weighted by atomic mass is 35.5. The van der Waals surface area contributed by atoms with E-state index in [0.29, 0.717) is 33.0 Å². The normalized spacial score (nSPS) is 12.8. The molecule has 0 saturated heterocycles. The quantitative estimate of drug-likeness (QED) is 0.320. The average molecular weight is 562 g/mol. The van der Waals surface area contributed by atoms with Crippen molar-refractivity contribution in [3.8, 4) is 0 Å². The van der Waals surface area contributed by atoms with E-state index in [0.717, 1.165) is 11.1 Å². The molecular weight excluding hydrogens is 535 g/mol. The third-order valence-electron chi connectivity index (χ3n) is 6.38. The van der Waals surface area contributed by atoms with Crippen molar-refractivity contribution in [3.05, 3.63) is 69.6 Å². The first kappa shape index (κ1) is 28.0. The summed E-state index contributed by atoms with van der Waals surface area (Å²) in [6, 6.07) is 8.69. The molecule has 5 rings (SSSR count). The van der Waals surface area contributed by atoms with Crippen LogP contribution in [0.3, 0.4) is 0 Å². The molecule has 0 spiro atoms. The third-order valence-corrected chi connectivity index (χ3v) is 6.68. The van der Waals surface area contributed by atoms with Crippen LogP contribution >= 0.6 is 11.6 Å². The molecule has 2 amide bonds. The molecule has 0 radical (unpaired) electrons. The lowest BCUT2D eigenvalue weighted by Gasteiger charge is -2.16. The van der Waals surface area contributed by atoms with Gasteiger partial charge in [0.2, 0.25) is 5.91 Å². The zero-order valence-corrected chi connectivity index (χ0v) is 22.5. The first-order valence-electron chi connectivity index (χ1n) is 11.9. The fourth-order valence-electron chi connectivity index (χ4n) is 4.17. The van der Waals surface area contributed by atoms with Crippen LogP contribution in [0.5, 0.6) is 0 Å². The van der Waals surface area contributed by atoms with Gasteiger partial charge in [0.1, 0.15) is 13.1 Å². The number of H-pyrrole nitrogens is 1.